The molecule has 2 heteroatoms. The molecular formula is C13H18N2. The second-order valence-electron chi connectivity index (χ2n) is 4.11. The van der Waals surface area contributed by atoms with Gasteiger partial charge in [-0.1, -0.05) is 20.3 Å². The maximum atomic E-state index is 3.32. The van der Waals surface area contributed by atoms with Gasteiger partial charge in [-0.05, 0) is 30.2 Å². The summed E-state index contributed by atoms with van der Waals surface area (Å²) in [7, 11) is 0. The third-order valence-corrected chi connectivity index (χ3v) is 3.13. The van der Waals surface area contributed by atoms with Crippen LogP contribution in [0.25, 0.3) is 0 Å². The molecule has 2 heterocycles. The summed E-state index contributed by atoms with van der Waals surface area (Å²) in [6.07, 6.45) is 5.17. The molecule has 0 saturated carbocycles. The molecule has 0 fully saturated rings. The number of aromatic nitrogens is 2. The molecule has 0 spiro atoms. The standard InChI is InChI=1S/C13H18N2/c1-3-10(2)13(11-6-4-8-14-11)12-7-5-9-15-12/h4-10,13-15H,3H2,1-2H3. The molecule has 2 nitrogen and oxygen atoms in total. The quantitative estimate of drug-likeness (QED) is 0.760. The number of hydrogen-bond acceptors (Lipinski definition) is 0. The summed E-state index contributed by atoms with van der Waals surface area (Å²) in [5.74, 6) is 1.10. The number of aromatic amines is 2. The average Bonchev–Trinajstić information content (AvgIpc) is 2.90. The van der Waals surface area contributed by atoms with Gasteiger partial charge < -0.3 is 9.97 Å². The summed E-state index contributed by atoms with van der Waals surface area (Å²) in [4.78, 5) is 6.64. The van der Waals surface area contributed by atoms with E-state index >= 15 is 0 Å². The Bertz CT molecular complexity index is 338. The second kappa shape index (κ2) is 4.39. The third-order valence-electron chi connectivity index (χ3n) is 3.13. The first-order chi connectivity index (χ1) is 7.33. The van der Waals surface area contributed by atoms with Crippen LogP contribution in [0.5, 0.6) is 0 Å². The molecule has 0 aromatic carbocycles. The summed E-state index contributed by atoms with van der Waals surface area (Å²) in [6, 6.07) is 8.46. The van der Waals surface area contributed by atoms with E-state index in [4.69, 9.17) is 0 Å². The molecule has 0 radical (unpaired) electrons. The summed E-state index contributed by atoms with van der Waals surface area (Å²) >= 11 is 0. The first-order valence-electron chi connectivity index (χ1n) is 5.59. The lowest BCUT2D eigenvalue weighted by atomic mass is 9.86. The number of hydrogen-bond donors (Lipinski definition) is 2. The van der Waals surface area contributed by atoms with Gasteiger partial charge in [-0.25, -0.2) is 0 Å². The highest BCUT2D eigenvalue weighted by molar-refractivity contribution is 5.24. The van der Waals surface area contributed by atoms with Gasteiger partial charge in [0.25, 0.3) is 0 Å². The molecule has 0 saturated heterocycles. The van der Waals surface area contributed by atoms with Gasteiger partial charge in [0.15, 0.2) is 0 Å². The Morgan fingerprint density at radius 3 is 1.93 bits per heavy atom. The lowest BCUT2D eigenvalue weighted by Gasteiger charge is -2.21. The lowest BCUT2D eigenvalue weighted by molar-refractivity contribution is 0.483. The highest BCUT2D eigenvalue weighted by Crippen LogP contribution is 2.31. The predicted molar refractivity (Wildman–Crippen MR) is 62.9 cm³/mol. The molecule has 0 aliphatic carbocycles. The van der Waals surface area contributed by atoms with E-state index < -0.39 is 0 Å². The van der Waals surface area contributed by atoms with Crippen LogP contribution in [0.15, 0.2) is 36.7 Å². The molecule has 1 unspecified atom stereocenters. The van der Waals surface area contributed by atoms with Gasteiger partial charge in [0, 0.05) is 29.7 Å². The molecule has 0 amide bonds. The topological polar surface area (TPSA) is 31.6 Å². The van der Waals surface area contributed by atoms with Crippen molar-refractivity contribution in [3.05, 3.63) is 48.0 Å². The first-order valence-corrected chi connectivity index (χ1v) is 5.59. The fourth-order valence-corrected chi connectivity index (χ4v) is 2.09. The Kier molecular flexibility index (Phi) is 2.95. The van der Waals surface area contributed by atoms with Gasteiger partial charge in [-0.2, -0.15) is 0 Å². The molecule has 2 N–H and O–H groups in total. The fraction of sp³-hybridized carbons (Fsp3) is 0.385. The summed E-state index contributed by atoms with van der Waals surface area (Å²) < 4.78 is 0. The van der Waals surface area contributed by atoms with Gasteiger partial charge >= 0.3 is 0 Å². The van der Waals surface area contributed by atoms with Crippen molar-refractivity contribution in [2.24, 2.45) is 5.92 Å². The normalized spacial score (nSPS) is 13.3. The zero-order chi connectivity index (χ0) is 10.7. The number of nitrogens with one attached hydrogen (secondary N) is 2. The highest BCUT2D eigenvalue weighted by Gasteiger charge is 2.21. The van der Waals surface area contributed by atoms with Crippen LogP contribution in [-0.2, 0) is 0 Å². The van der Waals surface area contributed by atoms with E-state index in [-0.39, 0.29) is 0 Å². The molecule has 1 atom stereocenters. The van der Waals surface area contributed by atoms with Crippen LogP contribution in [0.1, 0.15) is 37.6 Å². The third kappa shape index (κ3) is 1.99. The van der Waals surface area contributed by atoms with Crippen LogP contribution in [0.3, 0.4) is 0 Å². The fourth-order valence-electron chi connectivity index (χ4n) is 2.09. The van der Waals surface area contributed by atoms with Gasteiger partial charge in [0.2, 0.25) is 0 Å². The number of H-pyrrole nitrogens is 2. The van der Waals surface area contributed by atoms with Gasteiger partial charge in [-0.3, -0.25) is 0 Å². The van der Waals surface area contributed by atoms with E-state index in [2.05, 4.69) is 48.1 Å². The Hall–Kier alpha value is -1.44. The predicted octanol–water partition coefficient (Wildman–Crippen LogP) is 3.52. The molecule has 2 rings (SSSR count). The van der Waals surface area contributed by atoms with Crippen LogP contribution in [-0.4, -0.2) is 9.97 Å². The van der Waals surface area contributed by atoms with Crippen molar-refractivity contribution in [2.45, 2.75) is 26.2 Å². The van der Waals surface area contributed by atoms with Crippen molar-refractivity contribution >= 4 is 0 Å². The Balaban J connectivity index is 2.33. The van der Waals surface area contributed by atoms with E-state index in [9.17, 15) is 0 Å². The van der Waals surface area contributed by atoms with Crippen molar-refractivity contribution in [1.29, 1.82) is 0 Å². The molecule has 2 aromatic rings. The summed E-state index contributed by atoms with van der Waals surface area (Å²) in [5.41, 5.74) is 2.60. The Morgan fingerprint density at radius 2 is 1.60 bits per heavy atom. The van der Waals surface area contributed by atoms with E-state index in [1.807, 2.05) is 12.4 Å². The van der Waals surface area contributed by atoms with Gasteiger partial charge in [0.1, 0.15) is 0 Å². The molecule has 2 aromatic heterocycles. The van der Waals surface area contributed by atoms with Crippen molar-refractivity contribution in [2.75, 3.05) is 0 Å². The molecule has 0 aliphatic rings. The smallest absolute Gasteiger partial charge is 0.0417 e. The molecular weight excluding hydrogens is 184 g/mol. The zero-order valence-corrected chi connectivity index (χ0v) is 9.33. The second-order valence-corrected chi connectivity index (χ2v) is 4.11. The molecule has 15 heavy (non-hydrogen) atoms. The molecule has 0 bridgehead atoms. The maximum Gasteiger partial charge on any atom is 0.0417 e. The Labute approximate surface area is 90.7 Å². The minimum Gasteiger partial charge on any atom is -0.364 e. The molecule has 0 aliphatic heterocycles. The SMILES string of the molecule is CCC(C)C(c1ccc[nH]1)c1ccc[nH]1. The van der Waals surface area contributed by atoms with Gasteiger partial charge in [0.05, 0.1) is 0 Å². The van der Waals surface area contributed by atoms with Crippen LogP contribution in [0.4, 0.5) is 0 Å². The molecule has 80 valence electrons. The minimum atomic E-state index is 0.458. The number of rotatable bonds is 4. The average molecular weight is 202 g/mol. The van der Waals surface area contributed by atoms with Crippen molar-refractivity contribution in [3.8, 4) is 0 Å². The van der Waals surface area contributed by atoms with E-state index in [1.54, 1.807) is 0 Å². The lowest BCUT2D eigenvalue weighted by Crippen LogP contribution is -2.11. The van der Waals surface area contributed by atoms with Crippen LogP contribution < -0.4 is 0 Å². The summed E-state index contributed by atoms with van der Waals surface area (Å²) in [6.45, 7) is 4.54. The van der Waals surface area contributed by atoms with Gasteiger partial charge in [-0.15, -0.1) is 0 Å². The maximum absolute atomic E-state index is 3.32. The first kappa shape index (κ1) is 10.1. The largest absolute Gasteiger partial charge is 0.364 e. The highest BCUT2D eigenvalue weighted by atomic mass is 14.7. The summed E-state index contributed by atoms with van der Waals surface area (Å²) in [5, 5.41) is 0. The van der Waals surface area contributed by atoms with Crippen LogP contribution in [0, 0.1) is 5.92 Å². The van der Waals surface area contributed by atoms with E-state index in [1.165, 1.54) is 17.8 Å². The van der Waals surface area contributed by atoms with Crippen molar-refractivity contribution in [1.82, 2.24) is 9.97 Å². The van der Waals surface area contributed by atoms with Crippen molar-refractivity contribution < 1.29 is 0 Å². The van der Waals surface area contributed by atoms with Crippen molar-refractivity contribution in [3.63, 3.8) is 0 Å². The van der Waals surface area contributed by atoms with Crippen LogP contribution >= 0.6 is 0 Å². The van der Waals surface area contributed by atoms with Crippen LogP contribution in [0.2, 0.25) is 0 Å². The zero-order valence-electron chi connectivity index (χ0n) is 9.33. The minimum absolute atomic E-state index is 0.458. The monoisotopic (exact) mass is 202 g/mol. The van der Waals surface area contributed by atoms with E-state index in [0.717, 1.165) is 0 Å². The van der Waals surface area contributed by atoms with E-state index in [0.29, 0.717) is 11.8 Å². The Morgan fingerprint density at radius 1 is 1.07 bits per heavy atom.